The van der Waals surface area contributed by atoms with Crippen LogP contribution in [0.2, 0.25) is 0 Å². The summed E-state index contributed by atoms with van der Waals surface area (Å²) in [7, 11) is 2.01. The SMILES string of the molecule is CC(CN(C)Cc1nc(C(C)(C)C)cs1)C(N)=NO. The number of hydrogen-bond donors (Lipinski definition) is 2. The van der Waals surface area contributed by atoms with Gasteiger partial charge in [0.05, 0.1) is 12.2 Å². The molecule has 1 aromatic heterocycles. The van der Waals surface area contributed by atoms with Crippen molar-refractivity contribution < 1.29 is 5.21 Å². The molecule has 6 heteroatoms. The summed E-state index contributed by atoms with van der Waals surface area (Å²) in [5.41, 5.74) is 6.80. The summed E-state index contributed by atoms with van der Waals surface area (Å²) in [5.74, 6) is 0.290. The highest BCUT2D eigenvalue weighted by atomic mass is 32.1. The Labute approximate surface area is 119 Å². The number of hydrogen-bond acceptors (Lipinski definition) is 5. The summed E-state index contributed by atoms with van der Waals surface area (Å²) in [4.78, 5) is 6.79. The van der Waals surface area contributed by atoms with Crippen molar-refractivity contribution in [3.63, 3.8) is 0 Å². The van der Waals surface area contributed by atoms with Gasteiger partial charge in [0.1, 0.15) is 10.8 Å². The number of amidine groups is 1. The van der Waals surface area contributed by atoms with Crippen LogP contribution in [-0.4, -0.2) is 34.5 Å². The van der Waals surface area contributed by atoms with Crippen LogP contribution < -0.4 is 5.73 Å². The topological polar surface area (TPSA) is 74.7 Å². The second-order valence-corrected chi connectivity index (χ2v) is 6.94. The molecule has 0 saturated heterocycles. The predicted octanol–water partition coefficient (Wildman–Crippen LogP) is 2.25. The highest BCUT2D eigenvalue weighted by Gasteiger charge is 2.18. The highest BCUT2D eigenvalue weighted by molar-refractivity contribution is 7.09. The van der Waals surface area contributed by atoms with Gasteiger partial charge in [0.2, 0.25) is 0 Å². The van der Waals surface area contributed by atoms with Gasteiger partial charge in [-0.2, -0.15) is 0 Å². The number of rotatable bonds is 5. The first-order valence-corrected chi connectivity index (χ1v) is 7.23. The second-order valence-electron chi connectivity index (χ2n) is 6.00. The fraction of sp³-hybridized carbons (Fsp3) is 0.692. The molecule has 1 rings (SSSR count). The largest absolute Gasteiger partial charge is 0.409 e. The molecule has 0 aromatic carbocycles. The lowest BCUT2D eigenvalue weighted by atomic mass is 9.93. The van der Waals surface area contributed by atoms with E-state index in [1.807, 2.05) is 14.0 Å². The lowest BCUT2D eigenvalue weighted by Gasteiger charge is -2.19. The Kier molecular flexibility index (Phi) is 5.31. The van der Waals surface area contributed by atoms with Crippen molar-refractivity contribution in [2.45, 2.75) is 39.7 Å². The summed E-state index contributed by atoms with van der Waals surface area (Å²) in [6.07, 6.45) is 0. The Morgan fingerprint density at radius 3 is 2.68 bits per heavy atom. The standard InChI is InChI=1S/C13H24N4OS/c1-9(12(14)16-18)6-17(5)7-11-15-10(8-19-11)13(2,3)4/h8-9,18H,6-7H2,1-5H3,(H2,14,16). The minimum Gasteiger partial charge on any atom is -0.409 e. The average molecular weight is 284 g/mol. The lowest BCUT2D eigenvalue weighted by Crippen LogP contribution is -2.32. The number of nitrogens with zero attached hydrogens (tertiary/aromatic N) is 3. The maximum absolute atomic E-state index is 8.63. The first-order valence-electron chi connectivity index (χ1n) is 6.35. The molecular weight excluding hydrogens is 260 g/mol. The highest BCUT2D eigenvalue weighted by Crippen LogP contribution is 2.24. The first kappa shape index (κ1) is 15.9. The van der Waals surface area contributed by atoms with E-state index in [-0.39, 0.29) is 17.2 Å². The van der Waals surface area contributed by atoms with E-state index in [0.717, 1.165) is 23.8 Å². The van der Waals surface area contributed by atoms with Crippen LogP contribution in [0.4, 0.5) is 0 Å². The summed E-state index contributed by atoms with van der Waals surface area (Å²) in [5, 5.41) is 14.9. The Morgan fingerprint density at radius 2 is 2.21 bits per heavy atom. The monoisotopic (exact) mass is 284 g/mol. The molecule has 1 unspecified atom stereocenters. The molecule has 0 aliphatic rings. The fourth-order valence-corrected chi connectivity index (χ4v) is 2.78. The van der Waals surface area contributed by atoms with Crippen LogP contribution in [0.25, 0.3) is 0 Å². The van der Waals surface area contributed by atoms with E-state index in [9.17, 15) is 0 Å². The van der Waals surface area contributed by atoms with E-state index in [4.69, 9.17) is 10.9 Å². The molecule has 0 spiro atoms. The summed E-state index contributed by atoms with van der Waals surface area (Å²) in [6.45, 7) is 9.94. The number of aromatic nitrogens is 1. The van der Waals surface area contributed by atoms with Gasteiger partial charge in [-0.3, -0.25) is 4.90 Å². The second kappa shape index (κ2) is 6.34. The molecule has 5 nitrogen and oxygen atoms in total. The quantitative estimate of drug-likeness (QED) is 0.376. The number of oxime groups is 1. The molecular formula is C13H24N4OS. The van der Waals surface area contributed by atoms with Gasteiger partial charge in [-0.05, 0) is 7.05 Å². The molecule has 108 valence electrons. The molecule has 0 fully saturated rings. The molecule has 0 saturated carbocycles. The molecule has 3 N–H and O–H groups in total. The maximum atomic E-state index is 8.63. The molecule has 1 heterocycles. The predicted molar refractivity (Wildman–Crippen MR) is 79.7 cm³/mol. The van der Waals surface area contributed by atoms with Crippen molar-refractivity contribution in [3.8, 4) is 0 Å². The fourth-order valence-electron chi connectivity index (χ4n) is 1.68. The minimum absolute atomic E-state index is 0.0250. The summed E-state index contributed by atoms with van der Waals surface area (Å²) < 4.78 is 0. The van der Waals surface area contributed by atoms with Crippen LogP contribution in [0.3, 0.4) is 0 Å². The molecule has 1 aromatic rings. The van der Waals surface area contributed by atoms with Crippen molar-refractivity contribution >= 4 is 17.2 Å². The van der Waals surface area contributed by atoms with Gasteiger partial charge in [0, 0.05) is 23.3 Å². The molecule has 0 aliphatic heterocycles. The Hall–Kier alpha value is -1.14. The zero-order valence-electron chi connectivity index (χ0n) is 12.3. The number of nitrogens with two attached hydrogens (primary N) is 1. The average Bonchev–Trinajstić information content (AvgIpc) is 2.75. The van der Waals surface area contributed by atoms with E-state index in [0.29, 0.717) is 0 Å². The van der Waals surface area contributed by atoms with Crippen molar-refractivity contribution in [2.24, 2.45) is 16.8 Å². The van der Waals surface area contributed by atoms with Gasteiger partial charge in [0.25, 0.3) is 0 Å². The van der Waals surface area contributed by atoms with Gasteiger partial charge in [0.15, 0.2) is 0 Å². The van der Waals surface area contributed by atoms with Crippen molar-refractivity contribution in [1.82, 2.24) is 9.88 Å². The maximum Gasteiger partial charge on any atom is 0.143 e. The lowest BCUT2D eigenvalue weighted by molar-refractivity contribution is 0.290. The van der Waals surface area contributed by atoms with Gasteiger partial charge < -0.3 is 10.9 Å². The van der Waals surface area contributed by atoms with Crippen LogP contribution >= 0.6 is 11.3 Å². The normalized spacial score (nSPS) is 14.9. The first-order chi connectivity index (χ1) is 8.74. The molecule has 0 radical (unpaired) electrons. The molecule has 0 bridgehead atoms. The van der Waals surface area contributed by atoms with Gasteiger partial charge in [-0.1, -0.05) is 32.9 Å². The molecule has 0 aliphatic carbocycles. The number of thiazole rings is 1. The van der Waals surface area contributed by atoms with Crippen LogP contribution in [-0.2, 0) is 12.0 Å². The molecule has 1 atom stereocenters. The smallest absolute Gasteiger partial charge is 0.143 e. The van der Waals surface area contributed by atoms with Crippen LogP contribution in [0.15, 0.2) is 10.5 Å². The van der Waals surface area contributed by atoms with E-state index in [1.54, 1.807) is 11.3 Å². The van der Waals surface area contributed by atoms with Crippen LogP contribution in [0.5, 0.6) is 0 Å². The zero-order chi connectivity index (χ0) is 14.6. The van der Waals surface area contributed by atoms with Crippen molar-refractivity contribution in [3.05, 3.63) is 16.1 Å². The van der Waals surface area contributed by atoms with E-state index >= 15 is 0 Å². The third kappa shape index (κ3) is 4.80. The third-order valence-electron chi connectivity index (χ3n) is 2.93. The molecule has 19 heavy (non-hydrogen) atoms. The van der Waals surface area contributed by atoms with Gasteiger partial charge in [-0.15, -0.1) is 11.3 Å². The van der Waals surface area contributed by atoms with E-state index < -0.39 is 0 Å². The van der Waals surface area contributed by atoms with Crippen LogP contribution in [0, 0.1) is 5.92 Å². The Balaban J connectivity index is 2.58. The molecule has 0 amide bonds. The van der Waals surface area contributed by atoms with Gasteiger partial charge in [-0.25, -0.2) is 4.98 Å². The summed E-state index contributed by atoms with van der Waals surface area (Å²) >= 11 is 1.68. The van der Waals surface area contributed by atoms with E-state index in [2.05, 4.69) is 41.2 Å². The zero-order valence-corrected chi connectivity index (χ0v) is 13.2. The van der Waals surface area contributed by atoms with Crippen molar-refractivity contribution in [2.75, 3.05) is 13.6 Å². The Morgan fingerprint density at radius 1 is 1.58 bits per heavy atom. The minimum atomic E-state index is 0.0250. The Bertz CT molecular complexity index is 436. The van der Waals surface area contributed by atoms with Gasteiger partial charge >= 0.3 is 0 Å². The third-order valence-corrected chi connectivity index (χ3v) is 3.76. The van der Waals surface area contributed by atoms with Crippen molar-refractivity contribution in [1.29, 1.82) is 0 Å². The summed E-state index contributed by atoms with van der Waals surface area (Å²) in [6, 6.07) is 0. The van der Waals surface area contributed by atoms with Crippen LogP contribution in [0.1, 0.15) is 38.4 Å². The van der Waals surface area contributed by atoms with E-state index in [1.165, 1.54) is 0 Å².